The first-order valence-corrected chi connectivity index (χ1v) is 20.8. The molecule has 0 radical (unpaired) electrons. The van der Waals surface area contributed by atoms with Crippen molar-refractivity contribution in [3.63, 3.8) is 0 Å². The molecule has 3 rings (SSSR count). The average molecular weight is 785 g/mol. The van der Waals surface area contributed by atoms with Crippen LogP contribution in [0.4, 0.5) is 0 Å². The van der Waals surface area contributed by atoms with Crippen molar-refractivity contribution < 1.29 is 28.7 Å². The molecule has 0 bridgehead atoms. The molecule has 13 heteroatoms. The first-order valence-electron chi connectivity index (χ1n) is 19.9. The summed E-state index contributed by atoms with van der Waals surface area (Å²) >= 11 is 1.51. The Morgan fingerprint density at radius 1 is 0.945 bits per heavy atom. The molecule has 4 amide bonds. The Hall–Kier alpha value is -3.39. The smallest absolute Gasteiger partial charge is 0.245 e. The number of rotatable bonds is 21. The number of benzene rings is 1. The molecule has 55 heavy (non-hydrogen) atoms. The highest BCUT2D eigenvalue weighted by molar-refractivity contribution is 7.09. The van der Waals surface area contributed by atoms with Gasteiger partial charge in [0, 0.05) is 39.4 Å². The van der Waals surface area contributed by atoms with Crippen molar-refractivity contribution in [2.75, 3.05) is 41.9 Å². The first kappa shape index (κ1) is 46.0. The fraction of sp³-hybridized carbons (Fsp3) is 0.690. The van der Waals surface area contributed by atoms with Crippen molar-refractivity contribution in [3.05, 3.63) is 52.5 Å². The van der Waals surface area contributed by atoms with Gasteiger partial charge in [-0.25, -0.2) is 4.98 Å². The molecule has 1 aromatic carbocycles. The molecule has 9 atom stereocenters. The summed E-state index contributed by atoms with van der Waals surface area (Å²) in [5.74, 6) is -1.35. The van der Waals surface area contributed by atoms with Crippen molar-refractivity contribution in [3.8, 4) is 0 Å². The van der Waals surface area contributed by atoms with E-state index in [2.05, 4.69) is 29.5 Å². The minimum Gasteiger partial charge on any atom is -0.379 e. The fourth-order valence-electron chi connectivity index (χ4n) is 8.17. The standard InChI is InChI=1S/C42H68N6O6S/c1-13-28(6)37(47(10)42(52)35(26(2)3)45-40(51)36(27(4)5)46(8)9)33(53-11)25-34(49)48-22-17-20-32(48)38(54-12)29(7)39(50)44-31(41-43-21-23-55-41)24-30-18-15-14-16-19-30/h14-16,18-19,21,23,26-29,31-33,35-38H,13,17,20,22,24-25H2,1-12H3,(H,44,50)(H,45,51)/t28?,29-,31+,32?,33?,35+,36+,37+,38?/m1/s1. The number of thiazole rings is 1. The molecule has 2 heterocycles. The number of nitrogens with one attached hydrogen (secondary N) is 2. The lowest BCUT2D eigenvalue weighted by Gasteiger charge is -2.41. The van der Waals surface area contributed by atoms with Gasteiger partial charge in [-0.05, 0) is 56.7 Å². The van der Waals surface area contributed by atoms with E-state index in [1.807, 2.05) is 94.2 Å². The summed E-state index contributed by atoms with van der Waals surface area (Å²) in [7, 11) is 8.66. The summed E-state index contributed by atoms with van der Waals surface area (Å²) in [4.78, 5) is 65.8. The van der Waals surface area contributed by atoms with E-state index >= 15 is 0 Å². The van der Waals surface area contributed by atoms with Gasteiger partial charge in [-0.15, -0.1) is 11.3 Å². The third kappa shape index (κ3) is 12.1. The van der Waals surface area contributed by atoms with Crippen LogP contribution in [0.1, 0.15) is 90.8 Å². The number of amides is 4. The highest BCUT2D eigenvalue weighted by atomic mass is 32.1. The quantitative estimate of drug-likeness (QED) is 0.177. The highest BCUT2D eigenvalue weighted by Gasteiger charge is 2.43. The van der Waals surface area contributed by atoms with Crippen LogP contribution in [0.25, 0.3) is 0 Å². The van der Waals surface area contributed by atoms with Crippen LogP contribution in [0, 0.1) is 23.7 Å². The lowest BCUT2D eigenvalue weighted by Crippen LogP contribution is -2.59. The molecular formula is C42H68N6O6S. The Morgan fingerprint density at radius 2 is 1.62 bits per heavy atom. The predicted molar refractivity (Wildman–Crippen MR) is 218 cm³/mol. The van der Waals surface area contributed by atoms with Gasteiger partial charge in [0.1, 0.15) is 11.0 Å². The minimum atomic E-state index is -0.751. The van der Waals surface area contributed by atoms with E-state index in [1.54, 1.807) is 32.4 Å². The maximum absolute atomic E-state index is 14.3. The van der Waals surface area contributed by atoms with Crippen LogP contribution in [-0.4, -0.2) is 122 Å². The van der Waals surface area contributed by atoms with E-state index in [9.17, 15) is 19.2 Å². The van der Waals surface area contributed by atoms with Gasteiger partial charge in [-0.1, -0.05) is 85.2 Å². The number of ether oxygens (including phenoxy) is 2. The third-order valence-corrected chi connectivity index (χ3v) is 12.2. The average Bonchev–Trinajstić information content (AvgIpc) is 3.87. The number of aromatic nitrogens is 1. The molecule has 0 spiro atoms. The van der Waals surface area contributed by atoms with Crippen molar-refractivity contribution in [1.82, 2.24) is 30.3 Å². The van der Waals surface area contributed by atoms with E-state index in [0.29, 0.717) is 19.4 Å². The van der Waals surface area contributed by atoms with Gasteiger partial charge in [0.05, 0.1) is 48.7 Å². The molecule has 4 unspecified atom stereocenters. The number of hydrogen-bond acceptors (Lipinski definition) is 9. The molecule has 0 saturated carbocycles. The number of likely N-dealkylation sites (tertiary alicyclic amines) is 1. The number of nitrogens with zero attached hydrogens (tertiary/aromatic N) is 4. The second kappa shape index (κ2) is 21.8. The van der Waals surface area contributed by atoms with Crippen LogP contribution < -0.4 is 10.6 Å². The number of hydrogen-bond donors (Lipinski definition) is 2. The Labute approximate surface area is 334 Å². The van der Waals surface area contributed by atoms with E-state index in [4.69, 9.17) is 9.47 Å². The van der Waals surface area contributed by atoms with Crippen LogP contribution in [0.15, 0.2) is 41.9 Å². The monoisotopic (exact) mass is 784 g/mol. The summed E-state index contributed by atoms with van der Waals surface area (Å²) < 4.78 is 12.1. The molecule has 1 aliphatic heterocycles. The zero-order chi connectivity index (χ0) is 41.0. The van der Waals surface area contributed by atoms with Crippen LogP contribution in [0.2, 0.25) is 0 Å². The Kier molecular flexibility index (Phi) is 18.2. The lowest BCUT2D eigenvalue weighted by atomic mass is 9.89. The van der Waals surface area contributed by atoms with Crippen molar-refractivity contribution >= 4 is 35.0 Å². The predicted octanol–water partition coefficient (Wildman–Crippen LogP) is 5.19. The van der Waals surface area contributed by atoms with Crippen LogP contribution in [0.5, 0.6) is 0 Å². The molecule has 1 saturated heterocycles. The first-order chi connectivity index (χ1) is 26.1. The van der Waals surface area contributed by atoms with Crippen LogP contribution in [-0.2, 0) is 35.1 Å². The zero-order valence-corrected chi connectivity index (χ0v) is 36.1. The summed E-state index contributed by atoms with van der Waals surface area (Å²) in [5.41, 5.74) is 1.09. The topological polar surface area (TPSA) is 133 Å². The van der Waals surface area contributed by atoms with Crippen LogP contribution >= 0.6 is 11.3 Å². The fourth-order valence-corrected chi connectivity index (χ4v) is 8.86. The summed E-state index contributed by atoms with van der Waals surface area (Å²) in [6, 6.07) is 7.83. The maximum Gasteiger partial charge on any atom is 0.245 e. The number of carbonyl (C=O) groups excluding carboxylic acids is 4. The van der Waals surface area contributed by atoms with Gasteiger partial charge in [0.15, 0.2) is 0 Å². The maximum atomic E-state index is 14.3. The van der Waals surface area contributed by atoms with Gasteiger partial charge in [-0.2, -0.15) is 0 Å². The molecule has 12 nitrogen and oxygen atoms in total. The van der Waals surface area contributed by atoms with E-state index in [-0.39, 0.29) is 65.9 Å². The molecule has 1 aliphatic rings. The van der Waals surface area contributed by atoms with Crippen LogP contribution in [0.3, 0.4) is 0 Å². The Morgan fingerprint density at radius 3 is 2.15 bits per heavy atom. The van der Waals surface area contributed by atoms with E-state index in [1.165, 1.54) is 11.3 Å². The Balaban J connectivity index is 1.79. The molecule has 2 aromatic rings. The number of carbonyl (C=O) groups is 4. The summed E-state index contributed by atoms with van der Waals surface area (Å²) in [5, 5.41) is 9.02. The molecule has 0 aliphatic carbocycles. The van der Waals surface area contributed by atoms with Gasteiger partial charge in [0.25, 0.3) is 0 Å². The number of likely N-dealkylation sites (N-methyl/N-ethyl adjacent to an activating group) is 2. The van der Waals surface area contributed by atoms with Gasteiger partial charge < -0.3 is 29.9 Å². The largest absolute Gasteiger partial charge is 0.379 e. The van der Waals surface area contributed by atoms with Crippen molar-refractivity contribution in [2.24, 2.45) is 23.7 Å². The van der Waals surface area contributed by atoms with Gasteiger partial charge >= 0.3 is 0 Å². The van der Waals surface area contributed by atoms with E-state index in [0.717, 1.165) is 23.4 Å². The second-order valence-corrected chi connectivity index (χ2v) is 17.0. The van der Waals surface area contributed by atoms with Gasteiger partial charge in [-0.3, -0.25) is 24.1 Å². The third-order valence-electron chi connectivity index (χ3n) is 11.3. The summed E-state index contributed by atoms with van der Waals surface area (Å²) in [6.45, 7) is 14.3. The second-order valence-electron chi connectivity index (χ2n) is 16.1. The van der Waals surface area contributed by atoms with E-state index < -0.39 is 30.2 Å². The zero-order valence-electron chi connectivity index (χ0n) is 35.3. The van der Waals surface area contributed by atoms with Gasteiger partial charge in [0.2, 0.25) is 23.6 Å². The highest BCUT2D eigenvalue weighted by Crippen LogP contribution is 2.30. The molecule has 1 fully saturated rings. The molecule has 308 valence electrons. The normalized spacial score (nSPS) is 19.0. The summed E-state index contributed by atoms with van der Waals surface area (Å²) in [6.07, 6.45) is 3.49. The van der Waals surface area contributed by atoms with Crippen molar-refractivity contribution in [1.29, 1.82) is 0 Å². The van der Waals surface area contributed by atoms with Crippen molar-refractivity contribution in [2.45, 2.75) is 123 Å². The minimum absolute atomic E-state index is 0.00751. The molecule has 1 aromatic heterocycles. The molecule has 2 N–H and O–H groups in total. The molecular weight excluding hydrogens is 717 g/mol. The Bertz CT molecular complexity index is 1480. The lowest BCUT2D eigenvalue weighted by molar-refractivity contribution is -0.148. The SMILES string of the molecule is CCC(C)[C@@H](C(CC(=O)N1CCCC1C(OC)[C@@H](C)C(=O)N[C@@H](Cc1ccccc1)c1nccs1)OC)N(C)C(=O)[C@@H](NC(=O)[C@H](C(C)C)N(C)C)C(C)C. The number of methoxy groups -OCH3 is 2.